The van der Waals surface area contributed by atoms with Gasteiger partial charge in [-0.2, -0.15) is 0 Å². The van der Waals surface area contributed by atoms with Crippen molar-refractivity contribution in [3.8, 4) is 10.6 Å². The molecule has 0 aliphatic carbocycles. The van der Waals surface area contributed by atoms with Gasteiger partial charge in [0.15, 0.2) is 4.21 Å². The van der Waals surface area contributed by atoms with E-state index in [1.807, 2.05) is 43.3 Å². The van der Waals surface area contributed by atoms with Crippen molar-refractivity contribution in [2.24, 2.45) is 0 Å². The van der Waals surface area contributed by atoms with Crippen LogP contribution in [0.25, 0.3) is 10.6 Å². The maximum Gasteiger partial charge on any atom is 0.274 e. The zero-order valence-electron chi connectivity index (χ0n) is 13.4. The third-order valence-electron chi connectivity index (χ3n) is 3.43. The Morgan fingerprint density at radius 1 is 1.04 bits per heavy atom. The van der Waals surface area contributed by atoms with Crippen LogP contribution in [0, 0.1) is 6.92 Å². The Morgan fingerprint density at radius 2 is 1.79 bits per heavy atom. The SMILES string of the molecule is CCc1cccc(NS(=O)(=O)c2sc(-c3ccccc3)nc2C)n1. The summed E-state index contributed by atoms with van der Waals surface area (Å²) in [4.78, 5) is 8.69. The van der Waals surface area contributed by atoms with Crippen LogP contribution in [-0.2, 0) is 16.4 Å². The molecule has 1 N–H and O–H groups in total. The van der Waals surface area contributed by atoms with Crippen molar-refractivity contribution in [1.29, 1.82) is 0 Å². The van der Waals surface area contributed by atoms with Crippen molar-refractivity contribution >= 4 is 27.2 Å². The fraction of sp³-hybridized carbons (Fsp3) is 0.176. The Hall–Kier alpha value is -2.25. The zero-order chi connectivity index (χ0) is 17.2. The van der Waals surface area contributed by atoms with Gasteiger partial charge in [-0.05, 0) is 25.5 Å². The number of sulfonamides is 1. The highest BCUT2D eigenvalue weighted by atomic mass is 32.2. The summed E-state index contributed by atoms with van der Waals surface area (Å²) in [7, 11) is -3.71. The summed E-state index contributed by atoms with van der Waals surface area (Å²) in [6.07, 6.45) is 0.743. The first-order valence-corrected chi connectivity index (χ1v) is 9.81. The summed E-state index contributed by atoms with van der Waals surface area (Å²) in [5, 5.41) is 0.684. The van der Waals surface area contributed by atoms with E-state index < -0.39 is 10.0 Å². The van der Waals surface area contributed by atoms with Gasteiger partial charge in [-0.25, -0.2) is 18.4 Å². The lowest BCUT2D eigenvalue weighted by Gasteiger charge is -2.07. The van der Waals surface area contributed by atoms with E-state index in [-0.39, 0.29) is 4.21 Å². The molecule has 24 heavy (non-hydrogen) atoms. The second-order valence-electron chi connectivity index (χ2n) is 5.23. The highest BCUT2D eigenvalue weighted by Crippen LogP contribution is 2.31. The number of thiazole rings is 1. The zero-order valence-corrected chi connectivity index (χ0v) is 15.0. The van der Waals surface area contributed by atoms with Gasteiger partial charge in [0.2, 0.25) is 0 Å². The molecule has 2 aromatic heterocycles. The van der Waals surface area contributed by atoms with Crippen LogP contribution >= 0.6 is 11.3 Å². The third-order valence-corrected chi connectivity index (χ3v) is 6.60. The summed E-state index contributed by atoms with van der Waals surface area (Å²) in [5.41, 5.74) is 2.22. The average Bonchev–Trinajstić information content (AvgIpc) is 2.98. The van der Waals surface area contributed by atoms with Crippen molar-refractivity contribution in [2.75, 3.05) is 4.72 Å². The minimum absolute atomic E-state index is 0.213. The van der Waals surface area contributed by atoms with E-state index in [9.17, 15) is 8.42 Å². The van der Waals surface area contributed by atoms with Crippen LogP contribution in [0.1, 0.15) is 18.3 Å². The summed E-state index contributed by atoms with van der Waals surface area (Å²) in [6.45, 7) is 3.67. The molecule has 7 heteroatoms. The number of hydrogen-bond acceptors (Lipinski definition) is 5. The van der Waals surface area contributed by atoms with E-state index >= 15 is 0 Å². The number of benzene rings is 1. The highest BCUT2D eigenvalue weighted by Gasteiger charge is 2.23. The Balaban J connectivity index is 1.94. The van der Waals surface area contributed by atoms with E-state index in [1.165, 1.54) is 0 Å². The number of nitrogens with one attached hydrogen (secondary N) is 1. The Labute approximate surface area is 145 Å². The molecular weight excluding hydrogens is 342 g/mol. The number of hydrogen-bond donors (Lipinski definition) is 1. The molecule has 3 aromatic rings. The smallest absolute Gasteiger partial charge is 0.263 e. The maximum absolute atomic E-state index is 12.7. The lowest BCUT2D eigenvalue weighted by molar-refractivity contribution is 0.602. The van der Waals surface area contributed by atoms with Crippen LogP contribution in [0.4, 0.5) is 5.82 Å². The number of aryl methyl sites for hydroxylation is 2. The van der Waals surface area contributed by atoms with Crippen molar-refractivity contribution in [3.63, 3.8) is 0 Å². The van der Waals surface area contributed by atoms with Crippen molar-refractivity contribution in [1.82, 2.24) is 9.97 Å². The lowest BCUT2D eigenvalue weighted by Crippen LogP contribution is -2.14. The third kappa shape index (κ3) is 3.47. The number of anilines is 1. The maximum atomic E-state index is 12.7. The Bertz CT molecular complexity index is 951. The van der Waals surface area contributed by atoms with Crippen LogP contribution in [-0.4, -0.2) is 18.4 Å². The van der Waals surface area contributed by atoms with E-state index in [1.54, 1.807) is 19.1 Å². The molecule has 2 heterocycles. The molecule has 0 bridgehead atoms. The summed E-state index contributed by atoms with van der Waals surface area (Å²) in [6, 6.07) is 14.8. The molecule has 0 fully saturated rings. The molecule has 0 radical (unpaired) electrons. The first kappa shape index (κ1) is 16.6. The second-order valence-corrected chi connectivity index (χ2v) is 8.11. The van der Waals surface area contributed by atoms with Crippen LogP contribution in [0.5, 0.6) is 0 Å². The quantitative estimate of drug-likeness (QED) is 0.750. The van der Waals surface area contributed by atoms with Gasteiger partial charge in [-0.15, -0.1) is 11.3 Å². The van der Waals surface area contributed by atoms with Crippen LogP contribution < -0.4 is 4.72 Å². The van der Waals surface area contributed by atoms with E-state index in [4.69, 9.17) is 0 Å². The molecule has 5 nitrogen and oxygen atoms in total. The van der Waals surface area contributed by atoms with Crippen LogP contribution in [0.2, 0.25) is 0 Å². The number of rotatable bonds is 5. The first-order chi connectivity index (χ1) is 11.5. The lowest BCUT2D eigenvalue weighted by atomic mass is 10.2. The van der Waals surface area contributed by atoms with Gasteiger partial charge in [-0.1, -0.05) is 43.3 Å². The number of aromatic nitrogens is 2. The largest absolute Gasteiger partial charge is 0.274 e. The Kier molecular flexibility index (Phi) is 4.64. The molecule has 124 valence electrons. The molecule has 0 aliphatic rings. The second kappa shape index (κ2) is 6.70. The van der Waals surface area contributed by atoms with Crippen molar-refractivity contribution in [2.45, 2.75) is 24.5 Å². The molecule has 1 aromatic carbocycles. The monoisotopic (exact) mass is 359 g/mol. The van der Waals surface area contributed by atoms with Gasteiger partial charge in [0, 0.05) is 11.3 Å². The van der Waals surface area contributed by atoms with Gasteiger partial charge >= 0.3 is 0 Å². The first-order valence-electron chi connectivity index (χ1n) is 7.51. The fourth-order valence-electron chi connectivity index (χ4n) is 2.25. The van der Waals surface area contributed by atoms with Gasteiger partial charge < -0.3 is 0 Å². The van der Waals surface area contributed by atoms with Crippen LogP contribution in [0.3, 0.4) is 0 Å². The predicted molar refractivity (Wildman–Crippen MR) is 96.7 cm³/mol. The van der Waals surface area contributed by atoms with E-state index in [0.717, 1.165) is 29.0 Å². The molecule has 0 unspecified atom stereocenters. The predicted octanol–water partition coefficient (Wildman–Crippen LogP) is 3.88. The molecular formula is C17H17N3O2S2. The van der Waals surface area contributed by atoms with Crippen molar-refractivity contribution < 1.29 is 8.42 Å². The molecule has 0 atom stereocenters. The van der Waals surface area contributed by atoms with Gasteiger partial charge in [0.25, 0.3) is 10.0 Å². The molecule has 0 spiro atoms. The average molecular weight is 359 g/mol. The topological polar surface area (TPSA) is 72.0 Å². The van der Waals surface area contributed by atoms with Gasteiger partial charge in [0.1, 0.15) is 10.8 Å². The summed E-state index contributed by atoms with van der Waals surface area (Å²) in [5.74, 6) is 0.323. The fourth-order valence-corrected chi connectivity index (χ4v) is 4.78. The highest BCUT2D eigenvalue weighted by molar-refractivity contribution is 7.94. The number of pyridine rings is 1. The normalized spacial score (nSPS) is 11.4. The molecule has 0 saturated carbocycles. The van der Waals surface area contributed by atoms with Gasteiger partial charge in [0.05, 0.1) is 5.69 Å². The summed E-state index contributed by atoms with van der Waals surface area (Å²) >= 11 is 1.16. The molecule has 0 amide bonds. The summed E-state index contributed by atoms with van der Waals surface area (Å²) < 4.78 is 28.1. The van der Waals surface area contributed by atoms with Crippen LogP contribution in [0.15, 0.2) is 52.7 Å². The molecule has 3 rings (SSSR count). The van der Waals surface area contributed by atoms with E-state index in [0.29, 0.717) is 16.5 Å². The standard InChI is InChI=1S/C17H17N3O2S2/c1-3-14-10-7-11-15(19-14)20-24(21,22)17-12(2)18-16(23-17)13-8-5-4-6-9-13/h4-11H,3H2,1-2H3,(H,19,20). The van der Waals surface area contributed by atoms with E-state index in [2.05, 4.69) is 14.7 Å². The molecule has 0 aliphatic heterocycles. The minimum Gasteiger partial charge on any atom is -0.263 e. The van der Waals surface area contributed by atoms with Gasteiger partial charge in [-0.3, -0.25) is 4.72 Å². The van der Waals surface area contributed by atoms with Crippen molar-refractivity contribution in [3.05, 3.63) is 59.9 Å². The molecule has 0 saturated heterocycles. The minimum atomic E-state index is -3.71. The number of nitrogens with zero attached hydrogens (tertiary/aromatic N) is 2. The Morgan fingerprint density at radius 3 is 2.50 bits per heavy atom.